The lowest BCUT2D eigenvalue weighted by molar-refractivity contribution is -0.146. The molecule has 3 fully saturated rings. The zero-order valence-electron chi connectivity index (χ0n) is 26.2. The number of amides is 3. The molecule has 3 aliphatic rings. The van der Waals surface area contributed by atoms with Crippen LogP contribution in [-0.2, 0) is 20.9 Å². The first-order valence-corrected chi connectivity index (χ1v) is 17.0. The number of benzene rings is 1. The van der Waals surface area contributed by atoms with Gasteiger partial charge in [-0.1, -0.05) is 75.1 Å². The molecule has 2 unspecified atom stereocenters. The Kier molecular flexibility index (Phi) is 11.6. The maximum absolute atomic E-state index is 14.5. The van der Waals surface area contributed by atoms with Crippen LogP contribution >= 0.6 is 11.8 Å². The number of thioether (sulfide) groups is 1. The fraction of sp³-hybridized carbons (Fsp3) is 0.629. The van der Waals surface area contributed by atoms with Crippen molar-refractivity contribution < 1.29 is 19.5 Å². The smallest absolute Gasteiger partial charge is 0.247 e. The average Bonchev–Trinajstić information content (AvgIpc) is 3.57. The Morgan fingerprint density at radius 3 is 2.37 bits per heavy atom. The Morgan fingerprint density at radius 1 is 1.00 bits per heavy atom. The molecule has 4 rings (SSSR count). The van der Waals surface area contributed by atoms with E-state index in [1.807, 2.05) is 45.0 Å². The predicted octanol–water partition coefficient (Wildman–Crippen LogP) is 5.44. The molecule has 1 aromatic carbocycles. The number of likely N-dealkylation sites (tertiary alicyclic amines) is 1. The van der Waals surface area contributed by atoms with Crippen LogP contribution in [0, 0.1) is 11.8 Å². The van der Waals surface area contributed by atoms with Crippen LogP contribution in [0.5, 0.6) is 0 Å². The van der Waals surface area contributed by atoms with Gasteiger partial charge in [-0.2, -0.15) is 0 Å². The molecule has 0 aromatic heterocycles. The molecule has 5 atom stereocenters. The molecular formula is C35H51N3O4S. The van der Waals surface area contributed by atoms with E-state index in [9.17, 15) is 19.5 Å². The van der Waals surface area contributed by atoms with Gasteiger partial charge in [0.2, 0.25) is 17.7 Å². The van der Waals surface area contributed by atoms with Gasteiger partial charge in [0.1, 0.15) is 6.04 Å². The zero-order chi connectivity index (χ0) is 31.0. The zero-order valence-corrected chi connectivity index (χ0v) is 27.0. The van der Waals surface area contributed by atoms with E-state index < -0.39 is 27.4 Å². The van der Waals surface area contributed by atoms with Gasteiger partial charge in [-0.05, 0) is 44.6 Å². The predicted molar refractivity (Wildman–Crippen MR) is 174 cm³/mol. The molecule has 3 saturated heterocycles. The van der Waals surface area contributed by atoms with E-state index >= 15 is 0 Å². The Labute approximate surface area is 262 Å². The number of rotatable bonds is 18. The molecule has 8 heteroatoms. The molecule has 0 saturated carbocycles. The summed E-state index contributed by atoms with van der Waals surface area (Å²) >= 11 is 1.74. The Balaban J connectivity index is 1.68. The van der Waals surface area contributed by atoms with Crippen LogP contribution in [0.4, 0.5) is 0 Å². The average molecular weight is 610 g/mol. The van der Waals surface area contributed by atoms with Crippen molar-refractivity contribution in [1.82, 2.24) is 14.7 Å². The van der Waals surface area contributed by atoms with Gasteiger partial charge in [-0.3, -0.25) is 14.4 Å². The lowest BCUT2D eigenvalue weighted by Gasteiger charge is -2.38. The number of carbonyl (C=O) groups excluding carboxylic acids is 3. The molecule has 1 aromatic rings. The summed E-state index contributed by atoms with van der Waals surface area (Å²) in [5, 5.41) is 9.23. The number of aliphatic hydroxyl groups is 1. The summed E-state index contributed by atoms with van der Waals surface area (Å²) in [6.07, 6.45) is 11.4. The van der Waals surface area contributed by atoms with E-state index in [0.717, 1.165) is 63.4 Å². The maximum Gasteiger partial charge on any atom is 0.247 e. The summed E-state index contributed by atoms with van der Waals surface area (Å²) in [4.78, 5) is 49.1. The van der Waals surface area contributed by atoms with Crippen LogP contribution in [0.15, 0.2) is 55.6 Å². The van der Waals surface area contributed by atoms with E-state index in [4.69, 9.17) is 0 Å². The second-order valence-corrected chi connectivity index (χ2v) is 14.6. The molecule has 0 aliphatic carbocycles. The van der Waals surface area contributed by atoms with Gasteiger partial charge >= 0.3 is 0 Å². The standard InChI is InChI=1S/C35H51N3O4S/c1-5-8-14-23-36(21-6-2)33(42)30-35-20-19-34(4,43-35)28(29(35)32(41)38(30)24-15-9-10-16-25-39)31(40)37(22-7-3)26-27-17-12-11-13-18-27/h6-7,11-13,17-18,28-30,39H,2-3,5,8-10,14-16,19-26H2,1,4H3/t28-,29-,30?,34+,35?/m0/s1. The Morgan fingerprint density at radius 2 is 1.70 bits per heavy atom. The number of fused-ring (bicyclic) bond motifs is 1. The van der Waals surface area contributed by atoms with Crippen molar-refractivity contribution in [3.63, 3.8) is 0 Å². The molecule has 1 spiro atoms. The quantitative estimate of drug-likeness (QED) is 0.177. The number of nitrogens with zero attached hydrogens (tertiary/aromatic N) is 3. The van der Waals surface area contributed by atoms with E-state index in [1.54, 1.807) is 23.9 Å². The molecule has 3 heterocycles. The molecule has 1 N–H and O–H groups in total. The molecule has 236 valence electrons. The minimum atomic E-state index is -0.620. The van der Waals surface area contributed by atoms with E-state index in [-0.39, 0.29) is 24.3 Å². The lowest BCUT2D eigenvalue weighted by atomic mass is 9.66. The molecule has 7 nitrogen and oxygen atoms in total. The van der Waals surface area contributed by atoms with E-state index in [2.05, 4.69) is 27.0 Å². The van der Waals surface area contributed by atoms with Crippen molar-refractivity contribution >= 4 is 29.5 Å². The number of hydrogen-bond acceptors (Lipinski definition) is 5. The third-order valence-corrected chi connectivity index (χ3v) is 11.6. The Hall–Kier alpha value is -2.58. The molecular weight excluding hydrogens is 558 g/mol. The van der Waals surface area contributed by atoms with Crippen LogP contribution in [0.2, 0.25) is 0 Å². The number of unbranched alkanes of at least 4 members (excludes halogenated alkanes) is 5. The van der Waals surface area contributed by atoms with E-state index in [1.165, 1.54) is 0 Å². The summed E-state index contributed by atoms with van der Waals surface area (Å²) in [6, 6.07) is 9.35. The number of hydrogen-bond donors (Lipinski definition) is 1. The normalized spacial score (nSPS) is 27.3. The SMILES string of the molecule is C=CCN(CCCCC)C(=O)C1N(CCCCCCO)C(=O)[C@@H]2[C@@H](C(=O)N(CC=C)Cc3ccccc3)[C@@]3(C)CCC12S3. The second kappa shape index (κ2) is 14.9. The molecule has 3 aliphatic heterocycles. The minimum absolute atomic E-state index is 0.000654. The lowest BCUT2D eigenvalue weighted by Crippen LogP contribution is -2.55. The highest BCUT2D eigenvalue weighted by molar-refractivity contribution is 8.02. The van der Waals surface area contributed by atoms with Crippen molar-refractivity contribution in [2.24, 2.45) is 11.8 Å². The van der Waals surface area contributed by atoms with Crippen LogP contribution < -0.4 is 0 Å². The third kappa shape index (κ3) is 6.75. The van der Waals surface area contributed by atoms with E-state index in [0.29, 0.717) is 32.7 Å². The second-order valence-electron chi connectivity index (χ2n) is 12.7. The summed E-state index contributed by atoms with van der Waals surface area (Å²) in [7, 11) is 0. The highest BCUT2D eigenvalue weighted by Crippen LogP contribution is 2.71. The van der Waals surface area contributed by atoms with Gasteiger partial charge < -0.3 is 19.8 Å². The number of aliphatic hydroxyl groups excluding tert-OH is 1. The largest absolute Gasteiger partial charge is 0.396 e. The summed E-state index contributed by atoms with van der Waals surface area (Å²) in [5.41, 5.74) is 1.04. The van der Waals surface area contributed by atoms with Crippen molar-refractivity contribution in [1.29, 1.82) is 0 Å². The Bertz CT molecular complexity index is 1150. The van der Waals surface area contributed by atoms with Crippen LogP contribution in [0.3, 0.4) is 0 Å². The summed E-state index contributed by atoms with van der Waals surface area (Å²) in [6.45, 7) is 14.7. The van der Waals surface area contributed by atoms with Crippen LogP contribution in [0.1, 0.15) is 77.2 Å². The molecule has 43 heavy (non-hydrogen) atoms. The molecule has 2 bridgehead atoms. The van der Waals surface area contributed by atoms with Gasteiger partial charge in [0.05, 0.1) is 16.6 Å². The molecule has 3 amide bonds. The highest BCUT2D eigenvalue weighted by atomic mass is 32.2. The maximum atomic E-state index is 14.5. The van der Waals surface area contributed by atoms with Crippen LogP contribution in [0.25, 0.3) is 0 Å². The van der Waals surface area contributed by atoms with Gasteiger partial charge in [0.15, 0.2) is 0 Å². The number of carbonyl (C=O) groups is 3. The fourth-order valence-corrected chi connectivity index (χ4v) is 9.97. The summed E-state index contributed by atoms with van der Waals surface area (Å²) in [5.74, 6) is -1.08. The monoisotopic (exact) mass is 609 g/mol. The summed E-state index contributed by atoms with van der Waals surface area (Å²) < 4.78 is -1.03. The fourth-order valence-electron chi connectivity index (χ4n) is 7.63. The first-order valence-electron chi connectivity index (χ1n) is 16.2. The highest BCUT2D eigenvalue weighted by Gasteiger charge is 2.77. The van der Waals surface area contributed by atoms with Gasteiger partial charge in [0, 0.05) is 44.1 Å². The van der Waals surface area contributed by atoms with Gasteiger partial charge in [-0.25, -0.2) is 0 Å². The van der Waals surface area contributed by atoms with Gasteiger partial charge in [-0.15, -0.1) is 24.9 Å². The van der Waals surface area contributed by atoms with Crippen LogP contribution in [-0.4, -0.2) is 85.8 Å². The molecule has 0 radical (unpaired) electrons. The van der Waals surface area contributed by atoms with Crippen molar-refractivity contribution in [2.45, 2.75) is 93.7 Å². The first-order chi connectivity index (χ1) is 20.8. The van der Waals surface area contributed by atoms with Crippen molar-refractivity contribution in [3.05, 3.63) is 61.2 Å². The minimum Gasteiger partial charge on any atom is -0.396 e. The van der Waals surface area contributed by atoms with Crippen molar-refractivity contribution in [3.8, 4) is 0 Å². The first kappa shape index (κ1) is 33.3. The topological polar surface area (TPSA) is 81.2 Å². The van der Waals surface area contributed by atoms with Gasteiger partial charge in [0.25, 0.3) is 0 Å². The third-order valence-electron chi connectivity index (χ3n) is 9.65. The van der Waals surface area contributed by atoms with Crippen molar-refractivity contribution in [2.75, 3.05) is 32.8 Å².